The maximum atomic E-state index is 6.95. The molecule has 5 heteroatoms. The second-order valence-corrected chi connectivity index (χ2v) is 25.2. The molecule has 422 valence electrons. The predicted octanol–water partition coefficient (Wildman–Crippen LogP) is 19.5. The van der Waals surface area contributed by atoms with Crippen molar-refractivity contribution in [3.8, 4) is 50.9 Å². The molecule has 0 saturated heterocycles. The monoisotopic (exact) mass is 1110 g/mol. The van der Waals surface area contributed by atoms with E-state index in [1.807, 2.05) is 6.20 Å². The molecule has 0 spiro atoms. The van der Waals surface area contributed by atoms with Crippen LogP contribution in [-0.4, -0.2) is 14.1 Å². The lowest BCUT2D eigenvalue weighted by Crippen LogP contribution is -2.31. The highest BCUT2D eigenvalue weighted by molar-refractivity contribution is 6.09. The Morgan fingerprint density at radius 2 is 0.918 bits per heavy atom. The fourth-order valence-electron chi connectivity index (χ4n) is 13.6. The van der Waals surface area contributed by atoms with Crippen LogP contribution in [0.3, 0.4) is 0 Å². The number of imidazole rings is 1. The lowest BCUT2D eigenvalue weighted by Gasteiger charge is -2.22. The first-order valence-corrected chi connectivity index (χ1v) is 31.5. The number of rotatable bonds is 7. The lowest BCUT2D eigenvalue weighted by atomic mass is 9.86. The van der Waals surface area contributed by atoms with Crippen molar-refractivity contribution < 1.29 is 9.30 Å². The Kier molecular flexibility index (Phi) is 15.1. The number of nitrogens with zero attached hydrogens (tertiary/aromatic N) is 4. The van der Waals surface area contributed by atoms with Crippen molar-refractivity contribution in [3.05, 3.63) is 269 Å². The van der Waals surface area contributed by atoms with Gasteiger partial charge < -0.3 is 4.74 Å². The molecule has 8 aliphatic rings. The van der Waals surface area contributed by atoms with Crippen molar-refractivity contribution in [1.29, 1.82) is 0 Å². The van der Waals surface area contributed by atoms with E-state index in [4.69, 9.17) is 9.72 Å². The standard InChI is InChI=1S/C80H76N4O/c1-80(2,3)64-48-49-81-78(52-64)84-74-31-13-12-28-68(74)69-47-46-67(54-77(69)84)85-66-27-16-26-65(53-66)82-55-83(76-33-15-14-32-75(76)82)79-70(72-50-60-22-6-4-18-56-34-38-58(39-35-56)20-8-10-24-62(72)44-42-60)29-17-30-71(79)73-51-61-23-7-5-19-57-36-40-59(41-37-57)21-9-11-25-63(73)45-43-61/h12-17,26-54H,4-11,18-25H2,1-3H3. The topological polar surface area (TPSA) is 35.9 Å². The van der Waals surface area contributed by atoms with Gasteiger partial charge in [0.15, 0.2) is 0 Å². The highest BCUT2D eigenvalue weighted by Gasteiger charge is 2.24. The molecule has 0 N–H and O–H groups in total. The number of aromatic nitrogens is 4. The molecule has 9 aromatic carbocycles. The molecular formula is C80H76N4O. The summed E-state index contributed by atoms with van der Waals surface area (Å²) >= 11 is 0. The summed E-state index contributed by atoms with van der Waals surface area (Å²) in [5, 5.41) is 2.34. The van der Waals surface area contributed by atoms with Gasteiger partial charge in [-0.1, -0.05) is 172 Å². The van der Waals surface area contributed by atoms with Crippen LogP contribution in [0.4, 0.5) is 0 Å². The van der Waals surface area contributed by atoms with Crippen LogP contribution in [0, 0.1) is 6.33 Å². The van der Waals surface area contributed by atoms with Crippen molar-refractivity contribution in [2.45, 2.75) is 129 Å². The van der Waals surface area contributed by atoms with E-state index < -0.39 is 0 Å². The molecule has 0 atom stereocenters. The fourth-order valence-corrected chi connectivity index (χ4v) is 13.6. The van der Waals surface area contributed by atoms with Crippen LogP contribution in [0.2, 0.25) is 0 Å². The Morgan fingerprint density at radius 1 is 0.412 bits per heavy atom. The maximum absolute atomic E-state index is 6.95. The highest BCUT2D eigenvalue weighted by Crippen LogP contribution is 2.41. The number of benzene rings is 9. The number of hydrogen-bond acceptors (Lipinski definition) is 2. The van der Waals surface area contributed by atoms with Crippen LogP contribution in [0.15, 0.2) is 212 Å². The molecule has 0 fully saturated rings. The fraction of sp³-hybridized carbons (Fsp3) is 0.250. The zero-order chi connectivity index (χ0) is 57.3. The molecule has 5 nitrogen and oxygen atoms in total. The largest absolute Gasteiger partial charge is 0.458 e. The minimum atomic E-state index is -0.0238. The first kappa shape index (κ1) is 54.2. The van der Waals surface area contributed by atoms with E-state index in [2.05, 4.69) is 247 Å². The van der Waals surface area contributed by atoms with Gasteiger partial charge in [-0.05, 0) is 229 Å². The summed E-state index contributed by atoms with van der Waals surface area (Å²) in [6, 6.07) is 77.9. The predicted molar refractivity (Wildman–Crippen MR) is 351 cm³/mol. The molecule has 3 aromatic heterocycles. The molecule has 20 rings (SSSR count). The minimum absolute atomic E-state index is 0.0238. The van der Waals surface area contributed by atoms with Crippen molar-refractivity contribution in [3.63, 3.8) is 0 Å². The second kappa shape index (κ2) is 23.7. The zero-order valence-corrected chi connectivity index (χ0v) is 49.7. The average molecular weight is 1110 g/mol. The van der Waals surface area contributed by atoms with E-state index in [1.165, 1.54) is 96.2 Å². The van der Waals surface area contributed by atoms with Crippen LogP contribution in [-0.2, 0) is 56.8 Å². The summed E-state index contributed by atoms with van der Waals surface area (Å²) < 4.78 is 13.9. The minimum Gasteiger partial charge on any atom is -0.458 e. The first-order valence-electron chi connectivity index (χ1n) is 31.5. The van der Waals surface area contributed by atoms with Gasteiger partial charge in [-0.3, -0.25) is 13.7 Å². The van der Waals surface area contributed by atoms with Gasteiger partial charge in [0.25, 0.3) is 6.33 Å². The molecule has 0 aliphatic heterocycles. The van der Waals surface area contributed by atoms with Gasteiger partial charge in [0.2, 0.25) is 0 Å². The third-order valence-electron chi connectivity index (χ3n) is 18.3. The number of aryl methyl sites for hydroxylation is 8. The van der Waals surface area contributed by atoms with Crippen molar-refractivity contribution in [2.24, 2.45) is 0 Å². The van der Waals surface area contributed by atoms with E-state index in [-0.39, 0.29) is 5.41 Å². The third-order valence-corrected chi connectivity index (χ3v) is 18.3. The van der Waals surface area contributed by atoms with E-state index >= 15 is 0 Å². The SMILES string of the molecule is CC(C)(C)c1ccnc(-n2c3ccccc3c3ccc(Oc4cccc(-n5[c-][n+](-c6c(-c7cc8ccc7CCCCc7ccc(cc7)CCCC8)cccc6-c6cc7ccc6CCCCc6ccc(cc6)CCCC7)c6ccccc65)c4)cc32)c1. The first-order chi connectivity index (χ1) is 41.7. The third kappa shape index (κ3) is 11.4. The van der Waals surface area contributed by atoms with E-state index in [1.54, 1.807) is 0 Å². The van der Waals surface area contributed by atoms with Crippen molar-refractivity contribution in [2.75, 3.05) is 0 Å². The number of para-hydroxylation sites is 4. The number of ether oxygens (including phenoxy) is 1. The van der Waals surface area contributed by atoms with E-state index in [0.29, 0.717) is 0 Å². The van der Waals surface area contributed by atoms with Gasteiger partial charge in [0.05, 0.1) is 33.4 Å². The van der Waals surface area contributed by atoms with Gasteiger partial charge in [0, 0.05) is 23.0 Å². The molecule has 0 saturated carbocycles. The van der Waals surface area contributed by atoms with Gasteiger partial charge in [-0.15, -0.1) is 0 Å². The van der Waals surface area contributed by atoms with Crippen molar-refractivity contribution >= 4 is 32.8 Å². The molecule has 0 unspecified atom stereocenters. The smallest absolute Gasteiger partial charge is 0.269 e. The van der Waals surface area contributed by atoms with Crippen LogP contribution in [0.5, 0.6) is 11.5 Å². The van der Waals surface area contributed by atoms with Crippen LogP contribution < -0.4 is 9.30 Å². The van der Waals surface area contributed by atoms with Crippen LogP contribution in [0.25, 0.3) is 72.3 Å². The van der Waals surface area contributed by atoms with Gasteiger partial charge in [-0.2, -0.15) is 0 Å². The summed E-state index contributed by atoms with van der Waals surface area (Å²) in [5.41, 5.74) is 24.3. The molecule has 3 heterocycles. The normalized spacial score (nSPS) is 14.5. The van der Waals surface area contributed by atoms with Gasteiger partial charge in [0.1, 0.15) is 17.3 Å². The molecule has 8 aliphatic carbocycles. The Hall–Kier alpha value is -8.80. The van der Waals surface area contributed by atoms with Gasteiger partial charge >= 0.3 is 0 Å². The Balaban J connectivity index is 0.894. The van der Waals surface area contributed by atoms with Crippen LogP contribution >= 0.6 is 0 Å². The summed E-state index contributed by atoms with van der Waals surface area (Å²) in [6.45, 7) is 6.76. The molecule has 0 amide bonds. The molecule has 8 bridgehead atoms. The Morgan fingerprint density at radius 3 is 1.52 bits per heavy atom. The number of hydrogen-bond donors (Lipinski definition) is 0. The summed E-state index contributed by atoms with van der Waals surface area (Å²) in [7, 11) is 0. The highest BCUT2D eigenvalue weighted by atomic mass is 16.5. The van der Waals surface area contributed by atoms with Gasteiger partial charge in [-0.25, -0.2) is 4.98 Å². The second-order valence-electron chi connectivity index (χ2n) is 25.2. The van der Waals surface area contributed by atoms with Crippen molar-refractivity contribution in [1.82, 2.24) is 14.1 Å². The Labute approximate surface area is 502 Å². The summed E-state index contributed by atoms with van der Waals surface area (Å²) in [5.74, 6) is 2.41. The van der Waals surface area contributed by atoms with E-state index in [9.17, 15) is 0 Å². The Bertz CT molecular complexity index is 4250. The molecule has 12 aromatic rings. The molecule has 0 radical (unpaired) electrons. The zero-order valence-electron chi connectivity index (χ0n) is 49.7. The summed E-state index contributed by atoms with van der Waals surface area (Å²) in [4.78, 5) is 4.95. The summed E-state index contributed by atoms with van der Waals surface area (Å²) in [6.07, 6.45) is 23.7. The van der Waals surface area contributed by atoms with Crippen LogP contribution in [0.1, 0.15) is 122 Å². The lowest BCUT2D eigenvalue weighted by molar-refractivity contribution is -0.571. The number of pyridine rings is 1. The number of fused-ring (bicyclic) bond motifs is 4. The molecular weight excluding hydrogens is 1030 g/mol. The maximum Gasteiger partial charge on any atom is 0.269 e. The molecule has 85 heavy (non-hydrogen) atoms. The average Bonchev–Trinajstić information content (AvgIpc) is 2.73. The quantitative estimate of drug-likeness (QED) is 0.118. The van der Waals surface area contributed by atoms with E-state index in [0.717, 1.165) is 140 Å².